The molecule has 0 aliphatic heterocycles. The first-order chi connectivity index (χ1) is 6.33. The van der Waals surface area contributed by atoms with Gasteiger partial charge in [-0.2, -0.15) is 0 Å². The first kappa shape index (κ1) is 13.8. The summed E-state index contributed by atoms with van der Waals surface area (Å²) in [6.45, 7) is 5.53. The van der Waals surface area contributed by atoms with Crippen LogP contribution in [0.3, 0.4) is 0 Å². The lowest BCUT2D eigenvalue weighted by Crippen LogP contribution is -2.17. The van der Waals surface area contributed by atoms with Gasteiger partial charge in [-0.3, -0.25) is 0 Å². The Bertz CT molecular complexity index is 137. The molecule has 0 spiro atoms. The number of halogens is 2. The van der Waals surface area contributed by atoms with Gasteiger partial charge in [-0.25, -0.2) is 8.78 Å². The van der Waals surface area contributed by atoms with Crippen molar-refractivity contribution >= 4 is 0 Å². The Hall–Kier alpha value is -0.180. The van der Waals surface area contributed by atoms with E-state index >= 15 is 0 Å². The Kier molecular flexibility index (Phi) is 5.57. The molecule has 14 heavy (non-hydrogen) atoms. The molecule has 0 atom stereocenters. The lowest BCUT2D eigenvalue weighted by molar-refractivity contribution is -0.0145. The molecule has 0 aromatic rings. The van der Waals surface area contributed by atoms with Gasteiger partial charge in [0.1, 0.15) is 0 Å². The van der Waals surface area contributed by atoms with Crippen LogP contribution in [0.2, 0.25) is 0 Å². The first-order valence-corrected chi connectivity index (χ1v) is 5.32. The van der Waals surface area contributed by atoms with Crippen molar-refractivity contribution in [3.05, 3.63) is 0 Å². The van der Waals surface area contributed by atoms with Crippen molar-refractivity contribution in [2.45, 2.75) is 58.8 Å². The average Bonchev–Trinajstić information content (AvgIpc) is 2.13. The zero-order valence-electron chi connectivity index (χ0n) is 9.45. The summed E-state index contributed by atoms with van der Waals surface area (Å²) in [7, 11) is 0. The van der Waals surface area contributed by atoms with Crippen molar-refractivity contribution in [1.82, 2.24) is 0 Å². The van der Waals surface area contributed by atoms with Crippen LogP contribution in [0.25, 0.3) is 0 Å². The van der Waals surface area contributed by atoms with Gasteiger partial charge >= 0.3 is 0 Å². The number of aliphatic hydroxyl groups excluding tert-OH is 1. The topological polar surface area (TPSA) is 20.2 Å². The van der Waals surface area contributed by atoms with Crippen molar-refractivity contribution < 1.29 is 13.9 Å². The highest BCUT2D eigenvalue weighted by molar-refractivity contribution is 4.69. The minimum Gasteiger partial charge on any atom is -0.396 e. The number of unbranched alkanes of at least 4 members (excludes halogenated alkanes) is 1. The average molecular weight is 208 g/mol. The van der Waals surface area contributed by atoms with Gasteiger partial charge in [0.2, 0.25) is 5.92 Å². The molecule has 0 unspecified atom stereocenters. The standard InChI is InChI=1S/C11H22F2O/c1-4-11(12,13)8-6-5-7-10(2,3)9-14/h14H,4-9H2,1-3H3. The van der Waals surface area contributed by atoms with E-state index in [-0.39, 0.29) is 24.9 Å². The Morgan fingerprint density at radius 2 is 1.57 bits per heavy atom. The molecule has 0 aromatic heterocycles. The smallest absolute Gasteiger partial charge is 0.247 e. The molecule has 0 heterocycles. The van der Waals surface area contributed by atoms with Crippen LogP contribution < -0.4 is 0 Å². The van der Waals surface area contributed by atoms with Crippen LogP contribution in [0.1, 0.15) is 52.9 Å². The van der Waals surface area contributed by atoms with Crippen LogP contribution >= 0.6 is 0 Å². The molecule has 1 N–H and O–H groups in total. The molecule has 0 radical (unpaired) electrons. The highest BCUT2D eigenvalue weighted by Crippen LogP contribution is 2.28. The summed E-state index contributed by atoms with van der Waals surface area (Å²) in [5.74, 6) is -2.50. The maximum atomic E-state index is 12.8. The quantitative estimate of drug-likeness (QED) is 0.634. The van der Waals surface area contributed by atoms with Crippen molar-refractivity contribution in [2.24, 2.45) is 5.41 Å². The number of aliphatic hydroxyl groups is 1. The molecular weight excluding hydrogens is 186 g/mol. The zero-order valence-corrected chi connectivity index (χ0v) is 9.45. The molecular formula is C11H22F2O. The van der Waals surface area contributed by atoms with Gasteiger partial charge < -0.3 is 5.11 Å². The van der Waals surface area contributed by atoms with Gasteiger partial charge in [0.15, 0.2) is 0 Å². The van der Waals surface area contributed by atoms with Crippen LogP contribution in [-0.4, -0.2) is 17.6 Å². The van der Waals surface area contributed by atoms with E-state index in [0.29, 0.717) is 6.42 Å². The van der Waals surface area contributed by atoms with E-state index in [0.717, 1.165) is 12.8 Å². The van der Waals surface area contributed by atoms with E-state index in [1.807, 2.05) is 13.8 Å². The second-order valence-electron chi connectivity index (χ2n) is 4.74. The summed E-state index contributed by atoms with van der Waals surface area (Å²) in [5, 5.41) is 8.95. The highest BCUT2D eigenvalue weighted by Gasteiger charge is 2.25. The van der Waals surface area contributed by atoms with Crippen LogP contribution in [0.15, 0.2) is 0 Å². The third-order valence-electron chi connectivity index (χ3n) is 2.59. The largest absolute Gasteiger partial charge is 0.396 e. The summed E-state index contributed by atoms with van der Waals surface area (Å²) in [6, 6.07) is 0. The number of rotatable bonds is 7. The molecule has 0 fully saturated rings. The van der Waals surface area contributed by atoms with E-state index in [9.17, 15) is 8.78 Å². The van der Waals surface area contributed by atoms with E-state index < -0.39 is 5.92 Å². The number of hydrogen-bond donors (Lipinski definition) is 1. The second kappa shape index (κ2) is 5.64. The summed E-state index contributed by atoms with van der Waals surface area (Å²) in [6.07, 6.45) is 2.03. The van der Waals surface area contributed by atoms with Crippen LogP contribution in [0.5, 0.6) is 0 Å². The van der Waals surface area contributed by atoms with E-state index in [2.05, 4.69) is 0 Å². The van der Waals surface area contributed by atoms with E-state index in [1.54, 1.807) is 0 Å². The zero-order chi connectivity index (χ0) is 11.2. The summed E-state index contributed by atoms with van der Waals surface area (Å²) >= 11 is 0. The van der Waals surface area contributed by atoms with E-state index in [1.165, 1.54) is 6.92 Å². The Labute approximate surface area is 85.5 Å². The Balaban J connectivity index is 3.57. The fourth-order valence-corrected chi connectivity index (χ4v) is 1.24. The predicted octanol–water partition coefficient (Wildman–Crippen LogP) is 3.61. The summed E-state index contributed by atoms with van der Waals surface area (Å²) in [5.41, 5.74) is -0.124. The Morgan fingerprint density at radius 3 is 2.00 bits per heavy atom. The maximum Gasteiger partial charge on any atom is 0.247 e. The molecule has 0 amide bonds. The molecule has 1 nitrogen and oxygen atoms in total. The fraction of sp³-hybridized carbons (Fsp3) is 1.00. The van der Waals surface area contributed by atoms with Gasteiger partial charge in [-0.05, 0) is 18.3 Å². The molecule has 0 aliphatic carbocycles. The molecule has 0 saturated heterocycles. The third-order valence-corrected chi connectivity index (χ3v) is 2.59. The second-order valence-corrected chi connectivity index (χ2v) is 4.74. The normalized spacial score (nSPS) is 13.3. The lowest BCUT2D eigenvalue weighted by atomic mass is 9.87. The van der Waals surface area contributed by atoms with Gasteiger partial charge in [-0.15, -0.1) is 0 Å². The fourth-order valence-electron chi connectivity index (χ4n) is 1.24. The molecule has 0 rings (SSSR count). The highest BCUT2D eigenvalue weighted by atomic mass is 19.3. The lowest BCUT2D eigenvalue weighted by Gasteiger charge is -2.21. The minimum atomic E-state index is -2.50. The number of alkyl halides is 2. The minimum absolute atomic E-state index is 0.0228. The predicted molar refractivity (Wildman–Crippen MR) is 54.6 cm³/mol. The van der Waals surface area contributed by atoms with Crippen LogP contribution in [0.4, 0.5) is 8.78 Å². The monoisotopic (exact) mass is 208 g/mol. The third kappa shape index (κ3) is 6.30. The van der Waals surface area contributed by atoms with Crippen LogP contribution in [-0.2, 0) is 0 Å². The van der Waals surface area contributed by atoms with Crippen molar-refractivity contribution in [2.75, 3.05) is 6.61 Å². The maximum absolute atomic E-state index is 12.8. The molecule has 0 aromatic carbocycles. The van der Waals surface area contributed by atoms with Crippen molar-refractivity contribution in [3.8, 4) is 0 Å². The summed E-state index contributed by atoms with van der Waals surface area (Å²) in [4.78, 5) is 0. The Morgan fingerprint density at radius 1 is 1.07 bits per heavy atom. The summed E-state index contributed by atoms with van der Waals surface area (Å²) < 4.78 is 25.6. The van der Waals surface area contributed by atoms with Crippen molar-refractivity contribution in [3.63, 3.8) is 0 Å². The van der Waals surface area contributed by atoms with Gasteiger partial charge in [0.05, 0.1) is 0 Å². The molecule has 86 valence electrons. The van der Waals surface area contributed by atoms with Crippen LogP contribution in [0, 0.1) is 5.41 Å². The molecule has 0 aliphatic rings. The molecule has 0 bridgehead atoms. The molecule has 0 saturated carbocycles. The SMILES string of the molecule is CCC(F)(F)CCCCC(C)(C)CO. The van der Waals surface area contributed by atoms with Gasteiger partial charge in [-0.1, -0.05) is 27.2 Å². The van der Waals surface area contributed by atoms with E-state index in [4.69, 9.17) is 5.11 Å². The number of hydrogen-bond acceptors (Lipinski definition) is 1. The first-order valence-electron chi connectivity index (χ1n) is 5.32. The van der Waals surface area contributed by atoms with Gasteiger partial charge in [0.25, 0.3) is 0 Å². The molecule has 3 heteroatoms. The van der Waals surface area contributed by atoms with Crippen molar-refractivity contribution in [1.29, 1.82) is 0 Å². The van der Waals surface area contributed by atoms with Gasteiger partial charge in [0, 0.05) is 19.4 Å².